The van der Waals surface area contributed by atoms with Crippen LogP contribution in [0.3, 0.4) is 0 Å². The van der Waals surface area contributed by atoms with Crippen molar-refractivity contribution in [2.24, 2.45) is 0 Å². The van der Waals surface area contributed by atoms with Crippen LogP contribution in [0.5, 0.6) is 0 Å². The summed E-state index contributed by atoms with van der Waals surface area (Å²) in [6.07, 6.45) is 3.38. The number of carbonyl (C=O) groups is 1. The van der Waals surface area contributed by atoms with Crippen LogP contribution < -0.4 is 10.6 Å². The number of hydrogen-bond donors (Lipinski definition) is 3. The number of anilines is 1. The lowest BCUT2D eigenvalue weighted by Gasteiger charge is -2.34. The number of carbonyl (C=O) groups excluding carboxylic acids is 1. The van der Waals surface area contributed by atoms with Crippen molar-refractivity contribution in [3.05, 3.63) is 54.6 Å². The van der Waals surface area contributed by atoms with Crippen LogP contribution in [0.25, 0.3) is 11.1 Å². The normalized spacial score (nSPS) is 17.7. The van der Waals surface area contributed by atoms with Crippen LogP contribution in [0, 0.1) is 0 Å². The zero-order valence-corrected chi connectivity index (χ0v) is 15.0. The minimum absolute atomic E-state index is 0.194. The number of benzene rings is 2. The molecule has 3 N–H and O–H groups in total. The summed E-state index contributed by atoms with van der Waals surface area (Å²) in [4.78, 5) is 14.3. The zero-order valence-electron chi connectivity index (χ0n) is 15.0. The van der Waals surface area contributed by atoms with Crippen molar-refractivity contribution in [2.45, 2.75) is 25.3 Å². The number of hydrogen-bond acceptors (Lipinski definition) is 3. The van der Waals surface area contributed by atoms with Gasteiger partial charge >= 0.3 is 6.03 Å². The molecule has 0 radical (unpaired) electrons. The van der Waals surface area contributed by atoms with E-state index in [9.17, 15) is 9.90 Å². The molecule has 5 heteroatoms. The van der Waals surface area contributed by atoms with E-state index in [1.165, 1.54) is 6.42 Å². The van der Waals surface area contributed by atoms with E-state index < -0.39 is 0 Å². The molecule has 1 saturated heterocycles. The molecule has 1 aliphatic heterocycles. The molecule has 1 heterocycles. The topological polar surface area (TPSA) is 64.6 Å². The van der Waals surface area contributed by atoms with Gasteiger partial charge in [-0.3, -0.25) is 4.90 Å². The molecule has 1 atom stereocenters. The lowest BCUT2D eigenvalue weighted by atomic mass is 10.0. The van der Waals surface area contributed by atoms with Crippen LogP contribution in [-0.4, -0.2) is 48.3 Å². The lowest BCUT2D eigenvalue weighted by Crippen LogP contribution is -2.46. The number of piperidine rings is 1. The SMILES string of the molecule is O=C(NCCN1CCCCC1CO)Nc1ccc(-c2ccccc2)cc1. The summed E-state index contributed by atoms with van der Waals surface area (Å²) in [5, 5.41) is 15.2. The highest BCUT2D eigenvalue weighted by Crippen LogP contribution is 2.21. The summed E-state index contributed by atoms with van der Waals surface area (Å²) >= 11 is 0. The van der Waals surface area contributed by atoms with Crippen molar-refractivity contribution in [3.8, 4) is 11.1 Å². The van der Waals surface area contributed by atoms with Crippen molar-refractivity contribution in [3.63, 3.8) is 0 Å². The van der Waals surface area contributed by atoms with Gasteiger partial charge in [0.2, 0.25) is 0 Å². The van der Waals surface area contributed by atoms with Crippen molar-refractivity contribution in [2.75, 3.05) is 31.6 Å². The molecule has 3 rings (SSSR count). The van der Waals surface area contributed by atoms with Crippen molar-refractivity contribution in [1.29, 1.82) is 0 Å². The van der Waals surface area contributed by atoms with Gasteiger partial charge in [-0.2, -0.15) is 0 Å². The highest BCUT2D eigenvalue weighted by Gasteiger charge is 2.20. The highest BCUT2D eigenvalue weighted by atomic mass is 16.3. The van der Waals surface area contributed by atoms with E-state index in [2.05, 4.69) is 27.7 Å². The Labute approximate surface area is 155 Å². The van der Waals surface area contributed by atoms with Crippen LogP contribution in [0.2, 0.25) is 0 Å². The van der Waals surface area contributed by atoms with E-state index in [4.69, 9.17) is 0 Å². The van der Waals surface area contributed by atoms with Crippen LogP contribution in [-0.2, 0) is 0 Å². The van der Waals surface area contributed by atoms with Crippen molar-refractivity contribution >= 4 is 11.7 Å². The van der Waals surface area contributed by atoms with Gasteiger partial charge in [0.15, 0.2) is 0 Å². The summed E-state index contributed by atoms with van der Waals surface area (Å²) in [6.45, 7) is 2.53. The van der Waals surface area contributed by atoms with Crippen molar-refractivity contribution < 1.29 is 9.90 Å². The molecule has 2 aromatic carbocycles. The van der Waals surface area contributed by atoms with Gasteiger partial charge in [0.25, 0.3) is 0 Å². The van der Waals surface area contributed by atoms with Gasteiger partial charge in [0.05, 0.1) is 6.61 Å². The highest BCUT2D eigenvalue weighted by molar-refractivity contribution is 5.89. The first kappa shape index (κ1) is 18.4. The number of likely N-dealkylation sites (tertiary alicyclic amines) is 1. The van der Waals surface area contributed by atoms with Gasteiger partial charge in [0, 0.05) is 24.8 Å². The van der Waals surface area contributed by atoms with Gasteiger partial charge in [-0.25, -0.2) is 4.79 Å². The van der Waals surface area contributed by atoms with E-state index in [0.29, 0.717) is 6.54 Å². The molecule has 1 unspecified atom stereocenters. The smallest absolute Gasteiger partial charge is 0.319 e. The van der Waals surface area contributed by atoms with E-state index in [0.717, 1.165) is 42.7 Å². The maximum absolute atomic E-state index is 12.1. The molecule has 5 nitrogen and oxygen atoms in total. The Morgan fingerprint density at radius 3 is 2.50 bits per heavy atom. The Hall–Kier alpha value is -2.37. The molecule has 0 spiro atoms. The van der Waals surface area contributed by atoms with E-state index in [1.807, 2.05) is 42.5 Å². The Kier molecular flexibility index (Phi) is 6.63. The molecule has 0 aliphatic carbocycles. The Balaban J connectivity index is 1.44. The Morgan fingerprint density at radius 2 is 1.77 bits per heavy atom. The number of nitrogens with zero attached hydrogens (tertiary/aromatic N) is 1. The first-order valence-corrected chi connectivity index (χ1v) is 9.31. The van der Waals surface area contributed by atoms with Crippen LogP contribution >= 0.6 is 0 Å². The number of urea groups is 1. The lowest BCUT2D eigenvalue weighted by molar-refractivity contribution is 0.0917. The fraction of sp³-hybridized carbons (Fsp3) is 0.381. The summed E-state index contributed by atoms with van der Waals surface area (Å²) in [5.41, 5.74) is 3.05. The first-order chi connectivity index (χ1) is 12.8. The minimum Gasteiger partial charge on any atom is -0.395 e. The standard InChI is InChI=1S/C21H27N3O2/c25-16-20-8-4-5-14-24(20)15-13-22-21(26)23-19-11-9-18(10-12-19)17-6-2-1-3-7-17/h1-3,6-7,9-12,20,25H,4-5,8,13-16H2,(H2,22,23,26). The van der Waals surface area contributed by atoms with Gasteiger partial charge < -0.3 is 15.7 Å². The summed E-state index contributed by atoms with van der Waals surface area (Å²) in [5.74, 6) is 0. The predicted octanol–water partition coefficient (Wildman–Crippen LogP) is 3.32. The predicted molar refractivity (Wildman–Crippen MR) is 105 cm³/mol. The summed E-state index contributed by atoms with van der Waals surface area (Å²) in [7, 11) is 0. The second kappa shape index (κ2) is 9.36. The van der Waals surface area contributed by atoms with Gasteiger partial charge in [-0.05, 0) is 42.6 Å². The molecule has 1 fully saturated rings. The third-order valence-corrected chi connectivity index (χ3v) is 4.89. The number of amides is 2. The number of nitrogens with one attached hydrogen (secondary N) is 2. The number of rotatable bonds is 6. The summed E-state index contributed by atoms with van der Waals surface area (Å²) < 4.78 is 0. The van der Waals surface area contributed by atoms with E-state index >= 15 is 0 Å². The first-order valence-electron chi connectivity index (χ1n) is 9.31. The molecule has 2 aromatic rings. The monoisotopic (exact) mass is 353 g/mol. The maximum atomic E-state index is 12.1. The molecular formula is C21H27N3O2. The van der Waals surface area contributed by atoms with Crippen LogP contribution in [0.15, 0.2) is 54.6 Å². The van der Waals surface area contributed by atoms with Crippen molar-refractivity contribution in [1.82, 2.24) is 10.2 Å². The van der Waals surface area contributed by atoms with E-state index in [1.54, 1.807) is 0 Å². The average molecular weight is 353 g/mol. The van der Waals surface area contributed by atoms with Gasteiger partial charge in [0.1, 0.15) is 0 Å². The van der Waals surface area contributed by atoms with Crippen LogP contribution in [0.4, 0.5) is 10.5 Å². The Bertz CT molecular complexity index is 688. The largest absolute Gasteiger partial charge is 0.395 e. The maximum Gasteiger partial charge on any atom is 0.319 e. The number of aliphatic hydroxyl groups is 1. The Morgan fingerprint density at radius 1 is 1.04 bits per heavy atom. The summed E-state index contributed by atoms with van der Waals surface area (Å²) in [6, 6.07) is 18.0. The van der Waals surface area contributed by atoms with Gasteiger partial charge in [-0.1, -0.05) is 48.9 Å². The zero-order chi connectivity index (χ0) is 18.2. The third-order valence-electron chi connectivity index (χ3n) is 4.89. The van der Waals surface area contributed by atoms with Crippen LogP contribution in [0.1, 0.15) is 19.3 Å². The van der Waals surface area contributed by atoms with E-state index in [-0.39, 0.29) is 18.7 Å². The fourth-order valence-electron chi connectivity index (χ4n) is 3.43. The molecular weight excluding hydrogens is 326 g/mol. The molecule has 2 amide bonds. The molecule has 1 aliphatic rings. The molecule has 0 saturated carbocycles. The average Bonchev–Trinajstić information content (AvgIpc) is 2.69. The fourth-order valence-corrected chi connectivity index (χ4v) is 3.43. The third kappa shape index (κ3) is 5.07. The quantitative estimate of drug-likeness (QED) is 0.746. The second-order valence-electron chi connectivity index (χ2n) is 6.69. The number of aliphatic hydroxyl groups excluding tert-OH is 1. The minimum atomic E-state index is -0.199. The molecule has 26 heavy (non-hydrogen) atoms. The second-order valence-corrected chi connectivity index (χ2v) is 6.69. The molecule has 0 aromatic heterocycles. The molecule has 0 bridgehead atoms. The molecule has 138 valence electrons. The van der Waals surface area contributed by atoms with Gasteiger partial charge in [-0.15, -0.1) is 0 Å².